The first kappa shape index (κ1) is 15.2. The lowest BCUT2D eigenvalue weighted by Gasteiger charge is -2.12. The van der Waals surface area contributed by atoms with Gasteiger partial charge in [-0.05, 0) is 61.4 Å². The minimum atomic E-state index is -3.67. The number of nitrogens with two attached hydrogens (primary N) is 1. The van der Waals surface area contributed by atoms with Crippen LogP contribution in [0.15, 0.2) is 41.3 Å². The fraction of sp³-hybridized carbons (Fsp3) is 0.200. The summed E-state index contributed by atoms with van der Waals surface area (Å²) in [5, 5.41) is 0. The van der Waals surface area contributed by atoms with Crippen molar-refractivity contribution in [2.75, 3.05) is 17.6 Å². The molecule has 0 aromatic heterocycles. The Labute approximate surface area is 124 Å². The van der Waals surface area contributed by atoms with Crippen LogP contribution in [0.5, 0.6) is 5.75 Å². The maximum atomic E-state index is 12.4. The van der Waals surface area contributed by atoms with Crippen LogP contribution in [-0.4, -0.2) is 15.5 Å². The van der Waals surface area contributed by atoms with E-state index in [4.69, 9.17) is 10.5 Å². The Morgan fingerprint density at radius 3 is 2.24 bits per heavy atom. The van der Waals surface area contributed by atoms with Gasteiger partial charge in [0.2, 0.25) is 0 Å². The molecule has 0 atom stereocenters. The van der Waals surface area contributed by atoms with E-state index in [9.17, 15) is 8.42 Å². The van der Waals surface area contributed by atoms with Gasteiger partial charge in [-0.2, -0.15) is 0 Å². The summed E-state index contributed by atoms with van der Waals surface area (Å²) in [5.74, 6) is 0.661. The number of hydrogen-bond acceptors (Lipinski definition) is 4. The van der Waals surface area contributed by atoms with E-state index >= 15 is 0 Å². The van der Waals surface area contributed by atoms with Crippen LogP contribution in [0.2, 0.25) is 0 Å². The van der Waals surface area contributed by atoms with Crippen molar-refractivity contribution in [3.63, 3.8) is 0 Å². The van der Waals surface area contributed by atoms with E-state index in [-0.39, 0.29) is 4.90 Å². The Morgan fingerprint density at radius 1 is 1.10 bits per heavy atom. The molecule has 0 amide bonds. The molecule has 0 radical (unpaired) electrons. The molecule has 2 aromatic rings. The zero-order valence-corrected chi connectivity index (χ0v) is 13.0. The Kier molecular flexibility index (Phi) is 4.09. The van der Waals surface area contributed by atoms with Crippen LogP contribution in [0, 0.1) is 13.8 Å². The maximum Gasteiger partial charge on any atom is 0.261 e. The average molecular weight is 306 g/mol. The van der Waals surface area contributed by atoms with Crippen molar-refractivity contribution in [2.45, 2.75) is 18.7 Å². The first-order valence-corrected chi connectivity index (χ1v) is 7.85. The zero-order valence-electron chi connectivity index (χ0n) is 12.2. The molecule has 0 saturated heterocycles. The van der Waals surface area contributed by atoms with Crippen LogP contribution in [0.4, 0.5) is 11.4 Å². The number of sulfonamides is 1. The summed E-state index contributed by atoms with van der Waals surface area (Å²) in [6.45, 7) is 3.69. The molecule has 0 aliphatic rings. The molecule has 0 aliphatic carbocycles. The number of nitrogens with one attached hydrogen (secondary N) is 1. The summed E-state index contributed by atoms with van der Waals surface area (Å²) < 4.78 is 32.3. The lowest BCUT2D eigenvalue weighted by atomic mass is 10.1. The van der Waals surface area contributed by atoms with Crippen molar-refractivity contribution in [1.82, 2.24) is 0 Å². The second-order valence-electron chi connectivity index (χ2n) is 4.79. The third-order valence-corrected chi connectivity index (χ3v) is 4.69. The minimum Gasteiger partial charge on any atom is -0.497 e. The molecule has 0 unspecified atom stereocenters. The molecule has 21 heavy (non-hydrogen) atoms. The number of rotatable bonds is 4. The first-order chi connectivity index (χ1) is 9.83. The zero-order chi connectivity index (χ0) is 15.6. The highest BCUT2D eigenvalue weighted by atomic mass is 32.2. The molecule has 0 aliphatic heterocycles. The van der Waals surface area contributed by atoms with E-state index in [1.54, 1.807) is 37.4 Å². The molecular formula is C15H18N2O3S. The molecule has 0 heterocycles. The summed E-state index contributed by atoms with van der Waals surface area (Å²) in [4.78, 5) is 0.152. The Bertz CT molecular complexity index is 730. The van der Waals surface area contributed by atoms with Crippen LogP contribution >= 0.6 is 0 Å². The van der Waals surface area contributed by atoms with Gasteiger partial charge in [0.05, 0.1) is 12.0 Å². The van der Waals surface area contributed by atoms with Crippen LogP contribution in [0.3, 0.4) is 0 Å². The predicted octanol–water partition coefficient (Wildman–Crippen LogP) is 2.70. The fourth-order valence-electron chi connectivity index (χ4n) is 1.88. The van der Waals surface area contributed by atoms with Gasteiger partial charge in [-0.25, -0.2) is 8.42 Å². The Hall–Kier alpha value is -2.21. The lowest BCUT2D eigenvalue weighted by Crippen LogP contribution is -2.14. The summed E-state index contributed by atoms with van der Waals surface area (Å²) in [5.41, 5.74) is 8.49. The molecule has 0 spiro atoms. The summed E-state index contributed by atoms with van der Waals surface area (Å²) in [6, 6.07) is 9.73. The maximum absolute atomic E-state index is 12.4. The monoisotopic (exact) mass is 306 g/mol. The molecule has 3 N–H and O–H groups in total. The number of methoxy groups -OCH3 is 1. The molecule has 0 fully saturated rings. The summed E-state index contributed by atoms with van der Waals surface area (Å²) >= 11 is 0. The number of anilines is 2. The van der Waals surface area contributed by atoms with Crippen LogP contribution < -0.4 is 15.2 Å². The Balaban J connectivity index is 2.33. The third-order valence-electron chi connectivity index (χ3n) is 3.33. The van der Waals surface area contributed by atoms with Crippen LogP contribution in [0.1, 0.15) is 11.1 Å². The van der Waals surface area contributed by atoms with E-state index in [0.29, 0.717) is 17.1 Å². The van der Waals surface area contributed by atoms with Crippen molar-refractivity contribution in [3.8, 4) is 5.75 Å². The van der Waals surface area contributed by atoms with Gasteiger partial charge >= 0.3 is 0 Å². The molecule has 112 valence electrons. The average Bonchev–Trinajstić information content (AvgIpc) is 2.44. The molecule has 6 heteroatoms. The van der Waals surface area contributed by atoms with Gasteiger partial charge in [0, 0.05) is 11.4 Å². The second-order valence-corrected chi connectivity index (χ2v) is 6.47. The van der Waals surface area contributed by atoms with Crippen LogP contribution in [0.25, 0.3) is 0 Å². The molecule has 0 saturated carbocycles. The molecule has 2 aromatic carbocycles. The largest absolute Gasteiger partial charge is 0.497 e. The highest BCUT2D eigenvalue weighted by Gasteiger charge is 2.16. The van der Waals surface area contributed by atoms with Gasteiger partial charge in [0.1, 0.15) is 5.75 Å². The third kappa shape index (κ3) is 3.28. The van der Waals surface area contributed by atoms with E-state index < -0.39 is 10.0 Å². The standard InChI is InChI=1S/C15H18N2O3S/c1-10-8-14(9-15(16)11(10)2)21(18,19)17-12-4-6-13(20-3)7-5-12/h4-9,17H,16H2,1-3H3. The van der Waals surface area contributed by atoms with E-state index in [0.717, 1.165) is 11.1 Å². The molecular weight excluding hydrogens is 288 g/mol. The van der Waals surface area contributed by atoms with E-state index in [1.165, 1.54) is 6.07 Å². The highest BCUT2D eigenvalue weighted by Crippen LogP contribution is 2.24. The number of ether oxygens (including phenoxy) is 1. The van der Waals surface area contributed by atoms with Gasteiger partial charge in [0.15, 0.2) is 0 Å². The molecule has 0 bridgehead atoms. The number of aryl methyl sites for hydroxylation is 1. The highest BCUT2D eigenvalue weighted by molar-refractivity contribution is 7.92. The van der Waals surface area contributed by atoms with Gasteiger partial charge < -0.3 is 10.5 Å². The summed E-state index contributed by atoms with van der Waals surface area (Å²) in [7, 11) is -2.11. The number of nitrogen functional groups attached to an aromatic ring is 1. The van der Waals surface area contributed by atoms with Crippen molar-refractivity contribution in [2.24, 2.45) is 0 Å². The van der Waals surface area contributed by atoms with Gasteiger partial charge in [-0.1, -0.05) is 0 Å². The van der Waals surface area contributed by atoms with Crippen molar-refractivity contribution >= 4 is 21.4 Å². The fourth-order valence-corrected chi connectivity index (χ4v) is 3.06. The van der Waals surface area contributed by atoms with Crippen LogP contribution in [-0.2, 0) is 10.0 Å². The second kappa shape index (κ2) is 5.65. The smallest absolute Gasteiger partial charge is 0.261 e. The van der Waals surface area contributed by atoms with Crippen molar-refractivity contribution in [3.05, 3.63) is 47.5 Å². The van der Waals surface area contributed by atoms with Crippen molar-refractivity contribution < 1.29 is 13.2 Å². The Morgan fingerprint density at radius 2 is 1.71 bits per heavy atom. The van der Waals surface area contributed by atoms with E-state index in [2.05, 4.69) is 4.72 Å². The van der Waals surface area contributed by atoms with Gasteiger partial charge in [-0.15, -0.1) is 0 Å². The van der Waals surface area contributed by atoms with Crippen molar-refractivity contribution in [1.29, 1.82) is 0 Å². The number of hydrogen-bond donors (Lipinski definition) is 2. The number of benzene rings is 2. The topological polar surface area (TPSA) is 81.4 Å². The molecule has 5 nitrogen and oxygen atoms in total. The SMILES string of the molecule is COc1ccc(NS(=O)(=O)c2cc(C)c(C)c(N)c2)cc1. The lowest BCUT2D eigenvalue weighted by molar-refractivity contribution is 0.415. The molecule has 2 rings (SSSR count). The van der Waals surface area contributed by atoms with Gasteiger partial charge in [-0.3, -0.25) is 4.72 Å². The predicted molar refractivity (Wildman–Crippen MR) is 84.1 cm³/mol. The van der Waals surface area contributed by atoms with Gasteiger partial charge in [0.25, 0.3) is 10.0 Å². The first-order valence-electron chi connectivity index (χ1n) is 6.37. The van der Waals surface area contributed by atoms with E-state index in [1.807, 2.05) is 13.8 Å². The normalized spacial score (nSPS) is 11.2. The summed E-state index contributed by atoms with van der Waals surface area (Å²) in [6.07, 6.45) is 0. The minimum absolute atomic E-state index is 0.152. The quantitative estimate of drug-likeness (QED) is 0.851.